The van der Waals surface area contributed by atoms with Crippen molar-refractivity contribution >= 4 is 15.8 Å². The van der Waals surface area contributed by atoms with Gasteiger partial charge in [0.15, 0.2) is 0 Å². The molecule has 1 nitrogen and oxygen atoms in total. The van der Waals surface area contributed by atoms with Crippen LogP contribution in [0.15, 0.2) is 0 Å². The number of rotatable bonds is 6. The first kappa shape index (κ1) is 32.7. The Balaban J connectivity index is -0.000000138. The Morgan fingerprint density at radius 3 is 0.583 bits per heavy atom. The van der Waals surface area contributed by atoms with Gasteiger partial charge in [-0.3, -0.25) is 0 Å². The topological polar surface area (TPSA) is 23.8 Å². The molecule has 0 rings (SSSR count). The van der Waals surface area contributed by atoms with Crippen LogP contribution in [0.2, 0.25) is 0 Å². The van der Waals surface area contributed by atoms with Gasteiger partial charge in [0.2, 0.25) is 0 Å². The summed E-state index contributed by atoms with van der Waals surface area (Å²) in [4.78, 5) is 0. The molecular formula is C20H45NP2Pd. The van der Waals surface area contributed by atoms with E-state index in [2.05, 4.69) is 83.1 Å². The van der Waals surface area contributed by atoms with Crippen LogP contribution in [0, 0.1) is 11.3 Å². The van der Waals surface area contributed by atoms with Gasteiger partial charge < -0.3 is 0 Å². The minimum atomic E-state index is 0. The summed E-state index contributed by atoms with van der Waals surface area (Å²) in [5.74, 6) is 0. The standard InChI is InChI=1S/2C9H21P.C2H3N.Pd/c2*1-7(2)10(8(3)4)9(5)6;1-2-3;/h2*7-9H,1-6H3;1H3;. The second kappa shape index (κ2) is 18.8. The molecule has 0 aromatic rings. The van der Waals surface area contributed by atoms with Gasteiger partial charge in [-0.15, -0.1) is 0 Å². The molecule has 0 aromatic carbocycles. The Labute approximate surface area is 171 Å². The molecule has 150 valence electrons. The van der Waals surface area contributed by atoms with Gasteiger partial charge in [0.25, 0.3) is 0 Å². The van der Waals surface area contributed by atoms with Crippen molar-refractivity contribution in [1.29, 1.82) is 5.26 Å². The van der Waals surface area contributed by atoms with E-state index in [-0.39, 0.29) is 36.3 Å². The van der Waals surface area contributed by atoms with E-state index < -0.39 is 0 Å². The van der Waals surface area contributed by atoms with Crippen LogP contribution in [0.25, 0.3) is 0 Å². The normalized spacial score (nSPS) is 10.8. The van der Waals surface area contributed by atoms with Crippen LogP contribution in [0.3, 0.4) is 0 Å². The molecular weight excluding hydrogens is 423 g/mol. The fourth-order valence-corrected chi connectivity index (χ4v) is 10.7. The Morgan fingerprint density at radius 2 is 0.583 bits per heavy atom. The summed E-state index contributed by atoms with van der Waals surface area (Å²) in [6, 6.07) is 1.75. The smallest absolute Gasteiger partial charge is 0.0587 e. The Morgan fingerprint density at radius 1 is 0.500 bits per heavy atom. The predicted molar refractivity (Wildman–Crippen MR) is 116 cm³/mol. The number of hydrogen-bond donors (Lipinski definition) is 0. The van der Waals surface area contributed by atoms with Gasteiger partial charge >= 0.3 is 0 Å². The van der Waals surface area contributed by atoms with Crippen molar-refractivity contribution in [3.05, 3.63) is 0 Å². The first-order valence-electron chi connectivity index (χ1n) is 9.20. The molecule has 0 aliphatic carbocycles. The van der Waals surface area contributed by atoms with Crippen LogP contribution in [0.1, 0.15) is 90.0 Å². The van der Waals surface area contributed by atoms with E-state index in [4.69, 9.17) is 5.26 Å². The third kappa shape index (κ3) is 17.8. The largest absolute Gasteiger partial charge is 0.199 e. The number of nitrogens with zero attached hydrogens (tertiary/aromatic N) is 1. The van der Waals surface area contributed by atoms with E-state index >= 15 is 0 Å². The molecule has 0 aromatic heterocycles. The zero-order valence-corrected chi connectivity index (χ0v) is 22.0. The zero-order valence-electron chi connectivity index (χ0n) is 18.6. The van der Waals surface area contributed by atoms with Crippen molar-refractivity contribution in [2.24, 2.45) is 0 Å². The molecule has 0 aliphatic rings. The fourth-order valence-electron chi connectivity index (χ4n) is 3.58. The van der Waals surface area contributed by atoms with E-state index in [0.29, 0.717) is 0 Å². The molecule has 0 heterocycles. The number of hydrogen-bond acceptors (Lipinski definition) is 1. The SMILES string of the molecule is CC#N.CC(C)P(C(C)C)C(C)C.CC(C)P(C(C)C)C(C)C.[Pd]. The summed E-state index contributed by atoms with van der Waals surface area (Å²) < 4.78 is 0. The molecule has 24 heavy (non-hydrogen) atoms. The van der Waals surface area contributed by atoms with Crippen LogP contribution in [0.4, 0.5) is 0 Å². The summed E-state index contributed by atoms with van der Waals surface area (Å²) in [5, 5.41) is 7.32. The third-order valence-corrected chi connectivity index (χ3v) is 10.7. The molecule has 0 N–H and O–H groups in total. The molecule has 4 heteroatoms. The van der Waals surface area contributed by atoms with Crippen LogP contribution in [0.5, 0.6) is 0 Å². The van der Waals surface area contributed by atoms with Crippen molar-refractivity contribution < 1.29 is 20.4 Å². The van der Waals surface area contributed by atoms with E-state index in [1.165, 1.54) is 6.92 Å². The Hall–Kier alpha value is 1.01. The predicted octanol–water partition coefficient (Wildman–Crippen LogP) is 7.91. The monoisotopic (exact) mass is 467 g/mol. The van der Waals surface area contributed by atoms with Gasteiger partial charge in [-0.05, 0) is 34.0 Å². The van der Waals surface area contributed by atoms with Gasteiger partial charge in [-0.25, -0.2) is 0 Å². The van der Waals surface area contributed by atoms with Crippen molar-refractivity contribution in [1.82, 2.24) is 0 Å². The molecule has 0 bridgehead atoms. The van der Waals surface area contributed by atoms with Gasteiger partial charge in [-0.2, -0.15) is 5.26 Å². The van der Waals surface area contributed by atoms with Gasteiger partial charge in [0.05, 0.1) is 6.07 Å². The summed E-state index contributed by atoms with van der Waals surface area (Å²) in [6.45, 7) is 29.7. The first-order chi connectivity index (χ1) is 10.3. The van der Waals surface area contributed by atoms with Crippen LogP contribution >= 0.6 is 15.8 Å². The maximum absolute atomic E-state index is 7.32. The summed E-state index contributed by atoms with van der Waals surface area (Å²) in [5.41, 5.74) is 5.39. The third-order valence-electron chi connectivity index (χ3n) is 3.58. The maximum atomic E-state index is 7.32. The van der Waals surface area contributed by atoms with Crippen molar-refractivity contribution in [2.45, 2.75) is 124 Å². The molecule has 0 radical (unpaired) electrons. The quantitative estimate of drug-likeness (QED) is 0.287. The minimum absolute atomic E-state index is 0. The summed E-state index contributed by atoms with van der Waals surface area (Å²) >= 11 is 0. The second-order valence-electron chi connectivity index (χ2n) is 7.68. The van der Waals surface area contributed by atoms with Crippen molar-refractivity contribution in [2.75, 3.05) is 0 Å². The molecule has 0 fully saturated rings. The van der Waals surface area contributed by atoms with Gasteiger partial charge in [0.1, 0.15) is 0 Å². The van der Waals surface area contributed by atoms with Gasteiger partial charge in [-0.1, -0.05) is 98.9 Å². The molecule has 0 saturated heterocycles. The van der Waals surface area contributed by atoms with E-state index in [1.54, 1.807) is 6.07 Å². The van der Waals surface area contributed by atoms with Crippen molar-refractivity contribution in [3.63, 3.8) is 0 Å². The molecule has 0 saturated carbocycles. The average molecular weight is 468 g/mol. The minimum Gasteiger partial charge on any atom is -0.199 e. The molecule has 0 amide bonds. The average Bonchev–Trinajstić information content (AvgIpc) is 2.26. The van der Waals surface area contributed by atoms with Crippen LogP contribution in [-0.2, 0) is 20.4 Å². The fraction of sp³-hybridized carbons (Fsp3) is 0.950. The molecule has 0 spiro atoms. The number of nitriles is 1. The summed E-state index contributed by atoms with van der Waals surface area (Å²) in [6.07, 6.45) is 0. The van der Waals surface area contributed by atoms with Crippen LogP contribution in [-0.4, -0.2) is 34.0 Å². The first-order valence-corrected chi connectivity index (χ1v) is 12.3. The van der Waals surface area contributed by atoms with Crippen LogP contribution < -0.4 is 0 Å². The maximum Gasteiger partial charge on any atom is 0.0587 e. The van der Waals surface area contributed by atoms with E-state index in [0.717, 1.165) is 34.0 Å². The Bertz CT molecular complexity index is 232. The van der Waals surface area contributed by atoms with Gasteiger partial charge in [0, 0.05) is 27.3 Å². The zero-order chi connectivity index (χ0) is 19.3. The molecule has 0 unspecified atom stereocenters. The van der Waals surface area contributed by atoms with Crippen molar-refractivity contribution in [3.8, 4) is 6.07 Å². The summed E-state index contributed by atoms with van der Waals surface area (Å²) in [7, 11) is 0.525. The second-order valence-corrected chi connectivity index (χ2v) is 15.7. The Kier molecular flexibility index (Phi) is 25.6. The van der Waals surface area contributed by atoms with E-state index in [9.17, 15) is 0 Å². The molecule has 0 aliphatic heterocycles. The van der Waals surface area contributed by atoms with E-state index in [1.807, 2.05) is 0 Å². The molecule has 0 atom stereocenters.